The molecule has 0 radical (unpaired) electrons. The fourth-order valence-electron chi connectivity index (χ4n) is 1.98. The van der Waals surface area contributed by atoms with Gasteiger partial charge < -0.3 is 5.73 Å². The molecule has 1 aromatic carbocycles. The Kier molecular flexibility index (Phi) is 5.16. The molecule has 0 aliphatic rings. The van der Waals surface area contributed by atoms with Gasteiger partial charge in [0.1, 0.15) is 5.84 Å². The molecule has 94 valence electrons. The maximum absolute atomic E-state index is 7.57. The first kappa shape index (κ1) is 13.7. The van der Waals surface area contributed by atoms with Crippen molar-refractivity contribution in [3.63, 3.8) is 0 Å². The van der Waals surface area contributed by atoms with E-state index in [-0.39, 0.29) is 5.84 Å². The molecule has 0 fully saturated rings. The van der Waals surface area contributed by atoms with Gasteiger partial charge >= 0.3 is 0 Å². The Bertz CT molecular complexity index is 373. The van der Waals surface area contributed by atoms with Gasteiger partial charge in [0.15, 0.2) is 0 Å². The molecule has 1 atom stereocenters. The summed E-state index contributed by atoms with van der Waals surface area (Å²) in [5, 5.41) is 7.57. The molecule has 17 heavy (non-hydrogen) atoms. The number of nitrogens with two attached hydrogens (primary N) is 1. The molecule has 0 aliphatic heterocycles. The van der Waals surface area contributed by atoms with Gasteiger partial charge in [-0.05, 0) is 26.0 Å². The van der Waals surface area contributed by atoms with Crippen LogP contribution in [-0.4, -0.2) is 23.8 Å². The number of nitrogens with one attached hydrogen (secondary N) is 1. The number of hydrogen-bond donors (Lipinski definition) is 2. The molecule has 0 saturated carbocycles. The summed E-state index contributed by atoms with van der Waals surface area (Å²) in [6.07, 6.45) is 2.39. The number of benzene rings is 1. The maximum atomic E-state index is 7.57. The van der Waals surface area contributed by atoms with Gasteiger partial charge in [-0.3, -0.25) is 10.3 Å². The highest BCUT2D eigenvalue weighted by molar-refractivity contribution is 5.96. The van der Waals surface area contributed by atoms with Gasteiger partial charge in [-0.1, -0.05) is 37.6 Å². The second-order valence-corrected chi connectivity index (χ2v) is 4.62. The third kappa shape index (κ3) is 3.86. The van der Waals surface area contributed by atoms with E-state index < -0.39 is 0 Å². The van der Waals surface area contributed by atoms with E-state index in [1.165, 1.54) is 12.8 Å². The summed E-state index contributed by atoms with van der Waals surface area (Å²) in [4.78, 5) is 2.31. The molecule has 1 aromatic rings. The molecule has 0 aromatic heterocycles. The molecule has 1 unspecified atom stereocenters. The largest absolute Gasteiger partial charge is 0.384 e. The third-order valence-electron chi connectivity index (χ3n) is 3.19. The van der Waals surface area contributed by atoms with E-state index in [4.69, 9.17) is 11.1 Å². The van der Waals surface area contributed by atoms with Gasteiger partial charge in [0.25, 0.3) is 0 Å². The Balaban J connectivity index is 2.77. The number of rotatable bonds is 6. The van der Waals surface area contributed by atoms with Gasteiger partial charge in [-0.2, -0.15) is 0 Å². The smallest absolute Gasteiger partial charge is 0.123 e. The molecular weight excluding hydrogens is 210 g/mol. The zero-order valence-electron chi connectivity index (χ0n) is 11.0. The van der Waals surface area contributed by atoms with Crippen LogP contribution in [0.4, 0.5) is 0 Å². The monoisotopic (exact) mass is 233 g/mol. The second-order valence-electron chi connectivity index (χ2n) is 4.62. The lowest BCUT2D eigenvalue weighted by Crippen LogP contribution is -2.29. The predicted octanol–water partition coefficient (Wildman–Crippen LogP) is 2.59. The summed E-state index contributed by atoms with van der Waals surface area (Å²) in [5.74, 6) is 0.150. The summed E-state index contributed by atoms with van der Waals surface area (Å²) in [6, 6.07) is 8.44. The molecule has 1 rings (SSSR count). The molecule has 0 bridgehead atoms. The van der Waals surface area contributed by atoms with Crippen molar-refractivity contribution >= 4 is 5.84 Å². The minimum absolute atomic E-state index is 0.150. The summed E-state index contributed by atoms with van der Waals surface area (Å²) in [5.41, 5.74) is 7.57. The predicted molar refractivity (Wildman–Crippen MR) is 73.3 cm³/mol. The molecular formula is C14H23N3. The van der Waals surface area contributed by atoms with Crippen LogP contribution < -0.4 is 5.73 Å². The topological polar surface area (TPSA) is 53.1 Å². The fraction of sp³-hybridized carbons (Fsp3) is 0.500. The second kappa shape index (κ2) is 6.40. The number of hydrogen-bond acceptors (Lipinski definition) is 2. The summed E-state index contributed by atoms with van der Waals surface area (Å²) < 4.78 is 0. The van der Waals surface area contributed by atoms with Crippen molar-refractivity contribution in [1.29, 1.82) is 5.41 Å². The number of amidine groups is 1. The first-order valence-electron chi connectivity index (χ1n) is 6.18. The van der Waals surface area contributed by atoms with Crippen LogP contribution >= 0.6 is 0 Å². The van der Waals surface area contributed by atoms with Gasteiger partial charge in [0, 0.05) is 18.2 Å². The van der Waals surface area contributed by atoms with Crippen molar-refractivity contribution in [3.8, 4) is 0 Å². The van der Waals surface area contributed by atoms with Gasteiger partial charge in [-0.15, -0.1) is 0 Å². The van der Waals surface area contributed by atoms with Crippen LogP contribution in [0.3, 0.4) is 0 Å². The lowest BCUT2D eigenvalue weighted by atomic mass is 10.1. The Hall–Kier alpha value is -1.35. The fourth-order valence-corrected chi connectivity index (χ4v) is 1.98. The van der Waals surface area contributed by atoms with E-state index in [0.717, 1.165) is 17.7 Å². The van der Waals surface area contributed by atoms with Gasteiger partial charge in [0.05, 0.1) is 0 Å². The molecule has 3 N–H and O–H groups in total. The Morgan fingerprint density at radius 1 is 1.41 bits per heavy atom. The van der Waals surface area contributed by atoms with Gasteiger partial charge in [0.2, 0.25) is 0 Å². The lowest BCUT2D eigenvalue weighted by molar-refractivity contribution is 0.236. The van der Waals surface area contributed by atoms with Crippen molar-refractivity contribution in [2.24, 2.45) is 5.73 Å². The highest BCUT2D eigenvalue weighted by Gasteiger charge is 2.11. The Morgan fingerprint density at radius 2 is 2.06 bits per heavy atom. The maximum Gasteiger partial charge on any atom is 0.123 e. The molecule has 0 spiro atoms. The van der Waals surface area contributed by atoms with Crippen molar-refractivity contribution in [1.82, 2.24) is 4.90 Å². The van der Waals surface area contributed by atoms with Crippen molar-refractivity contribution in [3.05, 3.63) is 35.4 Å². The molecule has 0 aliphatic carbocycles. The molecule has 0 amide bonds. The van der Waals surface area contributed by atoms with Crippen LogP contribution in [0.5, 0.6) is 0 Å². The highest BCUT2D eigenvalue weighted by atomic mass is 15.1. The van der Waals surface area contributed by atoms with E-state index in [1.54, 1.807) is 0 Å². The van der Waals surface area contributed by atoms with Crippen LogP contribution in [0, 0.1) is 5.41 Å². The lowest BCUT2D eigenvalue weighted by Gasteiger charge is -2.25. The first-order chi connectivity index (χ1) is 8.06. The standard InChI is InChI=1S/C14H23N3/c1-4-7-11(2)17(3)10-12-8-5-6-9-13(12)14(15)16/h5-6,8-9,11H,4,7,10H2,1-3H3,(H3,15,16). The van der Waals surface area contributed by atoms with Crippen LogP contribution in [0.15, 0.2) is 24.3 Å². The summed E-state index contributed by atoms with van der Waals surface area (Å²) >= 11 is 0. The number of nitrogens with zero attached hydrogens (tertiary/aromatic N) is 1. The van der Waals surface area contributed by atoms with E-state index in [9.17, 15) is 0 Å². The molecule has 0 heterocycles. The first-order valence-corrected chi connectivity index (χ1v) is 6.18. The van der Waals surface area contributed by atoms with E-state index in [1.807, 2.05) is 24.3 Å². The minimum atomic E-state index is 0.150. The van der Waals surface area contributed by atoms with E-state index in [0.29, 0.717) is 6.04 Å². The zero-order chi connectivity index (χ0) is 12.8. The minimum Gasteiger partial charge on any atom is -0.384 e. The van der Waals surface area contributed by atoms with Crippen molar-refractivity contribution < 1.29 is 0 Å². The molecule has 3 heteroatoms. The number of nitrogen functional groups attached to an aromatic ring is 1. The van der Waals surface area contributed by atoms with Gasteiger partial charge in [-0.25, -0.2) is 0 Å². The summed E-state index contributed by atoms with van der Waals surface area (Å²) in [7, 11) is 2.12. The Labute approximate surface area is 104 Å². The SMILES string of the molecule is CCCC(C)N(C)Cc1ccccc1C(=N)N. The average Bonchev–Trinajstić information content (AvgIpc) is 2.29. The zero-order valence-corrected chi connectivity index (χ0v) is 11.0. The van der Waals surface area contributed by atoms with E-state index in [2.05, 4.69) is 25.8 Å². The van der Waals surface area contributed by atoms with Crippen LogP contribution in [0.1, 0.15) is 37.8 Å². The quantitative estimate of drug-likeness (QED) is 0.586. The normalized spacial score (nSPS) is 12.7. The Morgan fingerprint density at radius 3 is 2.65 bits per heavy atom. The molecule has 0 saturated heterocycles. The third-order valence-corrected chi connectivity index (χ3v) is 3.19. The van der Waals surface area contributed by atoms with Crippen LogP contribution in [0.2, 0.25) is 0 Å². The highest BCUT2D eigenvalue weighted by Crippen LogP contribution is 2.13. The average molecular weight is 233 g/mol. The van der Waals surface area contributed by atoms with Crippen LogP contribution in [-0.2, 0) is 6.54 Å². The van der Waals surface area contributed by atoms with Crippen molar-refractivity contribution in [2.45, 2.75) is 39.3 Å². The summed E-state index contributed by atoms with van der Waals surface area (Å²) in [6.45, 7) is 5.28. The van der Waals surface area contributed by atoms with Crippen LogP contribution in [0.25, 0.3) is 0 Å². The van der Waals surface area contributed by atoms with E-state index >= 15 is 0 Å². The van der Waals surface area contributed by atoms with Crippen molar-refractivity contribution in [2.75, 3.05) is 7.05 Å². The molecule has 3 nitrogen and oxygen atoms in total.